The second-order valence-electron chi connectivity index (χ2n) is 8.21. The standard InChI is InChI=1S/C28H23BrO4/c29-22-16-21-10-6-18-7-11-23(12-8-18)32-27-15-20(9-13-25(27)30)5-4-19-2-1-3-24(14-19)33-28(21)26(31)17-22/h1-3,7-9,11-17,30-31H,4-6,10H2. The first-order valence-corrected chi connectivity index (χ1v) is 11.7. The van der Waals surface area contributed by atoms with Crippen LogP contribution in [-0.4, -0.2) is 10.2 Å². The van der Waals surface area contributed by atoms with E-state index >= 15 is 0 Å². The number of halogens is 1. The molecular weight excluding hydrogens is 480 g/mol. The summed E-state index contributed by atoms with van der Waals surface area (Å²) in [6.45, 7) is 0. The molecule has 166 valence electrons. The van der Waals surface area contributed by atoms with Crippen LogP contribution in [0.3, 0.4) is 0 Å². The highest BCUT2D eigenvalue weighted by atomic mass is 79.9. The monoisotopic (exact) mass is 502 g/mol. The molecule has 4 aromatic rings. The molecule has 0 aliphatic carbocycles. The summed E-state index contributed by atoms with van der Waals surface area (Å²) in [7, 11) is 0. The second-order valence-corrected chi connectivity index (χ2v) is 9.13. The molecule has 0 spiro atoms. The van der Waals surface area contributed by atoms with E-state index in [1.54, 1.807) is 12.1 Å². The molecule has 2 aliphatic rings. The molecule has 2 heterocycles. The summed E-state index contributed by atoms with van der Waals surface area (Å²) in [5, 5.41) is 20.9. The van der Waals surface area contributed by atoms with Gasteiger partial charge in [-0.3, -0.25) is 0 Å². The Morgan fingerprint density at radius 3 is 2.15 bits per heavy atom. The Labute approximate surface area is 201 Å². The van der Waals surface area contributed by atoms with Crippen LogP contribution >= 0.6 is 15.9 Å². The van der Waals surface area contributed by atoms with Crippen LogP contribution in [0, 0.1) is 0 Å². The van der Waals surface area contributed by atoms with E-state index in [1.807, 2.05) is 60.7 Å². The minimum absolute atomic E-state index is 0.111. The van der Waals surface area contributed by atoms with Gasteiger partial charge in [0, 0.05) is 10.0 Å². The highest BCUT2D eigenvalue weighted by Crippen LogP contribution is 2.38. The first-order chi connectivity index (χ1) is 16.0. The third-order valence-corrected chi connectivity index (χ3v) is 6.25. The molecule has 0 unspecified atom stereocenters. The Hall–Kier alpha value is -3.44. The van der Waals surface area contributed by atoms with Gasteiger partial charge in [0.2, 0.25) is 0 Å². The number of fused-ring (bicyclic) bond motifs is 4. The highest BCUT2D eigenvalue weighted by molar-refractivity contribution is 9.10. The zero-order chi connectivity index (χ0) is 22.8. The molecule has 33 heavy (non-hydrogen) atoms. The largest absolute Gasteiger partial charge is 0.504 e. The highest BCUT2D eigenvalue weighted by Gasteiger charge is 2.14. The van der Waals surface area contributed by atoms with Gasteiger partial charge in [0.25, 0.3) is 0 Å². The third kappa shape index (κ3) is 4.99. The Bertz CT molecular complexity index is 1300. The Morgan fingerprint density at radius 1 is 0.606 bits per heavy atom. The van der Waals surface area contributed by atoms with Crippen molar-refractivity contribution >= 4 is 15.9 Å². The molecular formula is C28H23BrO4. The number of hydrogen-bond donors (Lipinski definition) is 2. The van der Waals surface area contributed by atoms with Gasteiger partial charge in [0.15, 0.2) is 23.0 Å². The first-order valence-electron chi connectivity index (χ1n) is 10.9. The average Bonchev–Trinajstić information content (AvgIpc) is 2.81. The minimum Gasteiger partial charge on any atom is -0.504 e. The lowest BCUT2D eigenvalue weighted by molar-refractivity contribution is 0.406. The van der Waals surface area contributed by atoms with E-state index in [-0.39, 0.29) is 11.5 Å². The normalized spacial score (nSPS) is 13.2. The van der Waals surface area contributed by atoms with Crippen molar-refractivity contribution in [3.05, 3.63) is 106 Å². The number of benzene rings is 4. The molecule has 0 amide bonds. The molecule has 2 aliphatic heterocycles. The van der Waals surface area contributed by atoms with Crippen LogP contribution in [0.2, 0.25) is 0 Å². The zero-order valence-electron chi connectivity index (χ0n) is 17.9. The van der Waals surface area contributed by atoms with Crippen LogP contribution in [0.5, 0.6) is 34.5 Å². The maximum atomic E-state index is 10.6. The SMILES string of the molecule is Oc1ccc2cc1Oc1ccc(cc1)CCc1cc(Br)cc(O)c1Oc1cccc(c1)CC2. The lowest BCUT2D eigenvalue weighted by Gasteiger charge is -2.15. The van der Waals surface area contributed by atoms with Crippen molar-refractivity contribution in [2.75, 3.05) is 0 Å². The van der Waals surface area contributed by atoms with E-state index in [4.69, 9.17) is 9.47 Å². The number of aryl methyl sites for hydroxylation is 4. The summed E-state index contributed by atoms with van der Waals surface area (Å²) in [5.41, 5.74) is 4.25. The van der Waals surface area contributed by atoms with E-state index < -0.39 is 0 Å². The molecule has 6 bridgehead atoms. The minimum atomic E-state index is 0.111. The van der Waals surface area contributed by atoms with Gasteiger partial charge in [-0.1, -0.05) is 46.3 Å². The van der Waals surface area contributed by atoms with Crippen molar-refractivity contribution < 1.29 is 19.7 Å². The van der Waals surface area contributed by atoms with E-state index in [9.17, 15) is 10.2 Å². The van der Waals surface area contributed by atoms with Gasteiger partial charge < -0.3 is 19.7 Å². The van der Waals surface area contributed by atoms with Crippen molar-refractivity contribution in [2.45, 2.75) is 25.7 Å². The molecule has 0 saturated heterocycles. The van der Waals surface area contributed by atoms with E-state index in [2.05, 4.69) is 22.0 Å². The lowest BCUT2D eigenvalue weighted by atomic mass is 10.0. The molecule has 4 nitrogen and oxygen atoms in total. The maximum Gasteiger partial charge on any atom is 0.172 e. The molecule has 0 atom stereocenters. The molecule has 0 radical (unpaired) electrons. The molecule has 2 N–H and O–H groups in total. The number of ether oxygens (including phenoxy) is 2. The molecule has 5 heteroatoms. The van der Waals surface area contributed by atoms with E-state index in [1.165, 1.54) is 0 Å². The summed E-state index contributed by atoms with van der Waals surface area (Å²) < 4.78 is 13.0. The van der Waals surface area contributed by atoms with Gasteiger partial charge in [-0.2, -0.15) is 0 Å². The van der Waals surface area contributed by atoms with Crippen LogP contribution in [-0.2, 0) is 25.7 Å². The van der Waals surface area contributed by atoms with Crippen LogP contribution in [0.1, 0.15) is 22.3 Å². The van der Waals surface area contributed by atoms with Gasteiger partial charge in [-0.15, -0.1) is 0 Å². The summed E-state index contributed by atoms with van der Waals surface area (Å²) >= 11 is 3.48. The van der Waals surface area contributed by atoms with Crippen LogP contribution < -0.4 is 9.47 Å². The molecule has 0 aromatic heterocycles. The molecule has 6 rings (SSSR count). The quantitative estimate of drug-likeness (QED) is 0.264. The summed E-state index contributed by atoms with van der Waals surface area (Å²) in [6.07, 6.45) is 3.06. The third-order valence-electron chi connectivity index (χ3n) is 5.79. The Kier molecular flexibility index (Phi) is 5.97. The zero-order valence-corrected chi connectivity index (χ0v) is 19.5. The van der Waals surface area contributed by atoms with Gasteiger partial charge in [-0.25, -0.2) is 0 Å². The average molecular weight is 503 g/mol. The van der Waals surface area contributed by atoms with Crippen molar-refractivity contribution in [3.8, 4) is 34.5 Å². The topological polar surface area (TPSA) is 58.9 Å². The van der Waals surface area contributed by atoms with E-state index in [0.717, 1.165) is 46.0 Å². The van der Waals surface area contributed by atoms with Gasteiger partial charge in [0.1, 0.15) is 11.5 Å². The lowest BCUT2D eigenvalue weighted by Crippen LogP contribution is -1.98. The van der Waals surface area contributed by atoms with Gasteiger partial charge >= 0.3 is 0 Å². The van der Waals surface area contributed by atoms with Crippen LogP contribution in [0.4, 0.5) is 0 Å². The van der Waals surface area contributed by atoms with Gasteiger partial charge in [0.05, 0.1) is 0 Å². The van der Waals surface area contributed by atoms with Crippen molar-refractivity contribution in [3.63, 3.8) is 0 Å². The number of aromatic hydroxyl groups is 2. The smallest absolute Gasteiger partial charge is 0.172 e. The van der Waals surface area contributed by atoms with E-state index in [0.29, 0.717) is 29.4 Å². The summed E-state index contributed by atoms with van der Waals surface area (Å²) in [4.78, 5) is 0. The predicted octanol–water partition coefficient (Wildman–Crippen LogP) is 7.33. The Balaban J connectivity index is 1.55. The van der Waals surface area contributed by atoms with Crippen molar-refractivity contribution in [1.29, 1.82) is 0 Å². The summed E-state index contributed by atoms with van der Waals surface area (Å²) in [5.74, 6) is 2.53. The molecule has 0 fully saturated rings. The summed E-state index contributed by atoms with van der Waals surface area (Å²) in [6, 6.07) is 24.9. The molecule has 4 aromatic carbocycles. The van der Waals surface area contributed by atoms with Crippen molar-refractivity contribution in [1.82, 2.24) is 0 Å². The number of phenols is 2. The maximum absolute atomic E-state index is 10.6. The van der Waals surface area contributed by atoms with Crippen LogP contribution in [0.25, 0.3) is 0 Å². The van der Waals surface area contributed by atoms with Crippen molar-refractivity contribution in [2.24, 2.45) is 0 Å². The fourth-order valence-corrected chi connectivity index (χ4v) is 4.53. The fraction of sp³-hybridized carbons (Fsp3) is 0.143. The Morgan fingerprint density at radius 2 is 1.33 bits per heavy atom. The molecule has 0 saturated carbocycles. The van der Waals surface area contributed by atoms with Gasteiger partial charge in [-0.05, 0) is 90.9 Å². The predicted molar refractivity (Wildman–Crippen MR) is 132 cm³/mol. The number of rotatable bonds is 0. The first kappa shape index (κ1) is 21.4. The number of phenolic OH excluding ortho intramolecular Hbond substituents is 2. The fourth-order valence-electron chi connectivity index (χ4n) is 4.03. The van der Waals surface area contributed by atoms with Crippen LogP contribution in [0.15, 0.2) is 83.3 Å². The second kappa shape index (κ2) is 9.20. The number of hydrogen-bond acceptors (Lipinski definition) is 4.